The summed E-state index contributed by atoms with van der Waals surface area (Å²) in [6.07, 6.45) is 6.26. The lowest BCUT2D eigenvalue weighted by atomic mass is 10.1. The van der Waals surface area contributed by atoms with Gasteiger partial charge in [0, 0.05) is 52.6 Å². The first-order valence-electron chi connectivity index (χ1n) is 10.5. The number of rotatable bonds is 15. The fraction of sp³-hybridized carbons (Fsp3) is 0.850. The minimum atomic E-state index is -0.0639. The van der Waals surface area contributed by atoms with Gasteiger partial charge in [-0.15, -0.1) is 0 Å². The predicted molar refractivity (Wildman–Crippen MR) is 107 cm³/mol. The first-order chi connectivity index (χ1) is 13.6. The largest absolute Gasteiger partial charge is 0.376 e. The average molecular weight is 400 g/mol. The number of ether oxygens (including phenoxy) is 2. The van der Waals surface area contributed by atoms with Gasteiger partial charge in [-0.3, -0.25) is 14.4 Å². The Balaban J connectivity index is 1.95. The standard InChI is InChI=1S/C20H37N3O5/c1-3-27-16-12-14-28-17(16)15-23-20(26)11-7-6-10-19(25)22-13-8-4-5-9-18(24)21-2/h16-17H,3-15H2,1-2H3,(H,21,24)(H,22,25)(H,23,26). The van der Waals surface area contributed by atoms with Crippen LogP contribution in [0.4, 0.5) is 0 Å². The van der Waals surface area contributed by atoms with Gasteiger partial charge in [-0.05, 0) is 39.0 Å². The van der Waals surface area contributed by atoms with E-state index in [2.05, 4.69) is 16.0 Å². The molecule has 1 heterocycles. The smallest absolute Gasteiger partial charge is 0.220 e. The molecule has 1 aliphatic rings. The molecule has 28 heavy (non-hydrogen) atoms. The second-order valence-electron chi connectivity index (χ2n) is 7.04. The summed E-state index contributed by atoms with van der Waals surface area (Å²) in [6, 6.07) is 0. The first-order valence-corrected chi connectivity index (χ1v) is 10.5. The van der Waals surface area contributed by atoms with Crippen LogP contribution in [0.1, 0.15) is 64.7 Å². The van der Waals surface area contributed by atoms with Gasteiger partial charge in [0.05, 0.1) is 6.10 Å². The Kier molecular flexibility index (Phi) is 13.3. The molecule has 0 aliphatic carbocycles. The van der Waals surface area contributed by atoms with Gasteiger partial charge in [0.25, 0.3) is 0 Å². The topological polar surface area (TPSA) is 106 Å². The van der Waals surface area contributed by atoms with Gasteiger partial charge in [-0.25, -0.2) is 0 Å². The van der Waals surface area contributed by atoms with Crippen molar-refractivity contribution < 1.29 is 23.9 Å². The molecule has 0 bridgehead atoms. The maximum atomic E-state index is 11.9. The Morgan fingerprint density at radius 2 is 1.57 bits per heavy atom. The number of hydrogen-bond acceptors (Lipinski definition) is 5. The van der Waals surface area contributed by atoms with E-state index in [1.165, 1.54) is 0 Å². The van der Waals surface area contributed by atoms with Crippen LogP contribution in [-0.4, -0.2) is 63.3 Å². The molecule has 8 heteroatoms. The molecule has 0 aromatic rings. The van der Waals surface area contributed by atoms with Crippen molar-refractivity contribution in [2.75, 3.05) is 33.4 Å². The number of unbranched alkanes of at least 4 members (excludes halogenated alkanes) is 3. The molecule has 2 unspecified atom stereocenters. The van der Waals surface area contributed by atoms with E-state index in [0.29, 0.717) is 58.4 Å². The molecule has 0 radical (unpaired) electrons. The molecular formula is C20H37N3O5. The summed E-state index contributed by atoms with van der Waals surface area (Å²) in [7, 11) is 1.63. The van der Waals surface area contributed by atoms with E-state index < -0.39 is 0 Å². The van der Waals surface area contributed by atoms with Gasteiger partial charge in [0.2, 0.25) is 17.7 Å². The molecule has 0 saturated carbocycles. The Morgan fingerprint density at radius 1 is 0.929 bits per heavy atom. The minimum absolute atomic E-state index is 0.0118. The molecule has 3 N–H and O–H groups in total. The second kappa shape index (κ2) is 15.3. The summed E-state index contributed by atoms with van der Waals surface area (Å²) in [4.78, 5) is 34.8. The van der Waals surface area contributed by atoms with Gasteiger partial charge in [-0.1, -0.05) is 6.42 Å². The molecule has 1 aliphatic heterocycles. The number of hydrogen-bond donors (Lipinski definition) is 3. The lowest BCUT2D eigenvalue weighted by Crippen LogP contribution is -2.38. The van der Waals surface area contributed by atoms with Crippen LogP contribution in [0, 0.1) is 0 Å². The molecule has 162 valence electrons. The van der Waals surface area contributed by atoms with Crippen LogP contribution in [-0.2, 0) is 23.9 Å². The van der Waals surface area contributed by atoms with Gasteiger partial charge < -0.3 is 25.4 Å². The lowest BCUT2D eigenvalue weighted by Gasteiger charge is -2.18. The summed E-state index contributed by atoms with van der Waals surface area (Å²) in [5.74, 6) is 0.0610. The molecule has 2 atom stereocenters. The van der Waals surface area contributed by atoms with Crippen molar-refractivity contribution in [3.63, 3.8) is 0 Å². The molecule has 1 rings (SSSR count). The van der Waals surface area contributed by atoms with Crippen LogP contribution in [0.25, 0.3) is 0 Å². The van der Waals surface area contributed by atoms with E-state index in [0.717, 1.165) is 25.7 Å². The van der Waals surface area contributed by atoms with E-state index in [4.69, 9.17) is 9.47 Å². The van der Waals surface area contributed by atoms with Crippen LogP contribution in [0.5, 0.6) is 0 Å². The highest BCUT2D eigenvalue weighted by Crippen LogP contribution is 2.16. The zero-order valence-corrected chi connectivity index (χ0v) is 17.4. The highest BCUT2D eigenvalue weighted by atomic mass is 16.6. The van der Waals surface area contributed by atoms with E-state index >= 15 is 0 Å². The number of amides is 3. The summed E-state index contributed by atoms with van der Waals surface area (Å²) in [6.45, 7) is 4.39. The zero-order chi connectivity index (χ0) is 20.6. The summed E-state index contributed by atoms with van der Waals surface area (Å²) in [5.41, 5.74) is 0. The first kappa shape index (κ1) is 24.4. The predicted octanol–water partition coefficient (Wildman–Crippen LogP) is 1.28. The van der Waals surface area contributed by atoms with Gasteiger partial charge in [0.15, 0.2) is 0 Å². The number of nitrogens with one attached hydrogen (secondary N) is 3. The fourth-order valence-corrected chi connectivity index (χ4v) is 3.13. The Morgan fingerprint density at radius 3 is 2.25 bits per heavy atom. The van der Waals surface area contributed by atoms with Gasteiger partial charge in [0.1, 0.15) is 6.10 Å². The van der Waals surface area contributed by atoms with Crippen molar-refractivity contribution in [3.8, 4) is 0 Å². The molecule has 3 amide bonds. The van der Waals surface area contributed by atoms with Crippen LogP contribution in [0.3, 0.4) is 0 Å². The monoisotopic (exact) mass is 399 g/mol. The highest BCUT2D eigenvalue weighted by Gasteiger charge is 2.28. The third-order valence-electron chi connectivity index (χ3n) is 4.77. The van der Waals surface area contributed by atoms with Crippen LogP contribution < -0.4 is 16.0 Å². The molecule has 0 aromatic carbocycles. The second-order valence-corrected chi connectivity index (χ2v) is 7.04. The van der Waals surface area contributed by atoms with Crippen LogP contribution in [0.15, 0.2) is 0 Å². The van der Waals surface area contributed by atoms with E-state index in [-0.39, 0.29) is 29.9 Å². The molecule has 1 fully saturated rings. The van der Waals surface area contributed by atoms with E-state index in [9.17, 15) is 14.4 Å². The number of carbonyl (C=O) groups excluding carboxylic acids is 3. The van der Waals surface area contributed by atoms with Crippen LogP contribution >= 0.6 is 0 Å². The average Bonchev–Trinajstić information content (AvgIpc) is 3.13. The number of carbonyl (C=O) groups is 3. The van der Waals surface area contributed by atoms with Gasteiger partial charge >= 0.3 is 0 Å². The lowest BCUT2D eigenvalue weighted by molar-refractivity contribution is -0.123. The van der Waals surface area contributed by atoms with Crippen molar-refractivity contribution >= 4 is 17.7 Å². The highest BCUT2D eigenvalue weighted by molar-refractivity contribution is 5.77. The van der Waals surface area contributed by atoms with Crippen molar-refractivity contribution in [1.82, 2.24) is 16.0 Å². The van der Waals surface area contributed by atoms with Crippen molar-refractivity contribution in [3.05, 3.63) is 0 Å². The Hall–Kier alpha value is -1.67. The SMILES string of the molecule is CCOC1CCOC1CNC(=O)CCCCC(=O)NCCCCCC(=O)NC. The Labute approximate surface area is 168 Å². The minimum Gasteiger partial charge on any atom is -0.376 e. The summed E-state index contributed by atoms with van der Waals surface area (Å²) < 4.78 is 11.2. The molecular weight excluding hydrogens is 362 g/mol. The molecule has 0 aromatic heterocycles. The van der Waals surface area contributed by atoms with E-state index in [1.54, 1.807) is 7.05 Å². The molecule has 1 saturated heterocycles. The maximum absolute atomic E-state index is 11.9. The third-order valence-corrected chi connectivity index (χ3v) is 4.77. The van der Waals surface area contributed by atoms with Crippen molar-refractivity contribution in [2.45, 2.75) is 76.9 Å². The quantitative estimate of drug-likeness (QED) is 0.360. The fourth-order valence-electron chi connectivity index (χ4n) is 3.13. The van der Waals surface area contributed by atoms with Crippen molar-refractivity contribution in [1.29, 1.82) is 0 Å². The molecule has 8 nitrogen and oxygen atoms in total. The summed E-state index contributed by atoms with van der Waals surface area (Å²) in [5, 5.41) is 8.37. The maximum Gasteiger partial charge on any atom is 0.220 e. The summed E-state index contributed by atoms with van der Waals surface area (Å²) >= 11 is 0. The Bertz CT molecular complexity index is 473. The van der Waals surface area contributed by atoms with Gasteiger partial charge in [-0.2, -0.15) is 0 Å². The molecule has 0 spiro atoms. The zero-order valence-electron chi connectivity index (χ0n) is 17.4. The third kappa shape index (κ3) is 11.2. The normalized spacial score (nSPS) is 18.6. The van der Waals surface area contributed by atoms with Crippen LogP contribution in [0.2, 0.25) is 0 Å². The van der Waals surface area contributed by atoms with Crippen molar-refractivity contribution in [2.24, 2.45) is 0 Å². The van der Waals surface area contributed by atoms with E-state index in [1.807, 2.05) is 6.92 Å².